The molecule has 94 valence electrons. The topological polar surface area (TPSA) is 46.4 Å². The van der Waals surface area contributed by atoms with Crippen molar-refractivity contribution in [3.8, 4) is 0 Å². The van der Waals surface area contributed by atoms with Crippen molar-refractivity contribution < 1.29 is 4.92 Å². The largest absolute Gasteiger partial charge is 0.356 e. The van der Waals surface area contributed by atoms with E-state index in [0.29, 0.717) is 12.1 Å². The van der Waals surface area contributed by atoms with E-state index in [4.69, 9.17) is 12.2 Å². The van der Waals surface area contributed by atoms with Gasteiger partial charge in [0.2, 0.25) is 0 Å². The maximum Gasteiger partial charge on any atom is 0.269 e. The van der Waals surface area contributed by atoms with Crippen molar-refractivity contribution >= 4 is 22.9 Å². The first-order chi connectivity index (χ1) is 8.66. The van der Waals surface area contributed by atoms with Gasteiger partial charge in [0.25, 0.3) is 5.69 Å². The van der Waals surface area contributed by atoms with Gasteiger partial charge < -0.3 is 4.90 Å². The summed E-state index contributed by atoms with van der Waals surface area (Å²) in [6, 6.07) is 7.77. The Labute approximate surface area is 111 Å². The van der Waals surface area contributed by atoms with Crippen LogP contribution in [-0.4, -0.2) is 26.9 Å². The van der Waals surface area contributed by atoms with Crippen LogP contribution in [0, 0.1) is 10.1 Å². The van der Waals surface area contributed by atoms with Crippen molar-refractivity contribution in [1.29, 1.82) is 0 Å². The number of hydrogen-bond acceptors (Lipinski definition) is 3. The lowest BCUT2D eigenvalue weighted by Crippen LogP contribution is -2.34. The molecule has 0 amide bonds. The number of thiocarbonyl (C=S) groups is 1. The van der Waals surface area contributed by atoms with Gasteiger partial charge in [-0.25, -0.2) is 0 Å². The lowest BCUT2D eigenvalue weighted by atomic mass is 10.0. The molecular formula is C13H14N2O2S. The fraction of sp³-hybridized carbons (Fsp3) is 0.462. The molecule has 0 unspecified atom stereocenters. The van der Waals surface area contributed by atoms with E-state index in [-0.39, 0.29) is 10.6 Å². The smallest absolute Gasteiger partial charge is 0.269 e. The molecule has 2 bridgehead atoms. The SMILES string of the molecule is O=[N+]([O-])c1ccc(C(=S)N2C3CCC2CC3)cc1. The Bertz CT molecular complexity index is 480. The van der Waals surface area contributed by atoms with Gasteiger partial charge in [0.1, 0.15) is 4.99 Å². The minimum Gasteiger partial charge on any atom is -0.356 e. The molecule has 18 heavy (non-hydrogen) atoms. The number of nitro benzene ring substituents is 1. The van der Waals surface area contributed by atoms with Gasteiger partial charge in [0.15, 0.2) is 0 Å². The molecule has 1 aromatic rings. The molecule has 2 aliphatic heterocycles. The molecular weight excluding hydrogens is 248 g/mol. The van der Waals surface area contributed by atoms with E-state index in [1.165, 1.54) is 37.8 Å². The highest BCUT2D eigenvalue weighted by Crippen LogP contribution is 2.38. The van der Waals surface area contributed by atoms with Crippen molar-refractivity contribution in [3.63, 3.8) is 0 Å². The summed E-state index contributed by atoms with van der Waals surface area (Å²) in [7, 11) is 0. The molecule has 3 rings (SSSR count). The average Bonchev–Trinajstić information content (AvgIpc) is 2.98. The highest BCUT2D eigenvalue weighted by Gasteiger charge is 2.40. The predicted molar refractivity (Wildman–Crippen MR) is 72.7 cm³/mol. The van der Waals surface area contributed by atoms with Crippen LogP contribution in [0.5, 0.6) is 0 Å². The van der Waals surface area contributed by atoms with E-state index in [2.05, 4.69) is 4.90 Å². The van der Waals surface area contributed by atoms with Gasteiger partial charge in [-0.3, -0.25) is 10.1 Å². The van der Waals surface area contributed by atoms with E-state index in [1.54, 1.807) is 12.1 Å². The Morgan fingerprint density at radius 1 is 1.17 bits per heavy atom. The van der Waals surface area contributed by atoms with Crippen LogP contribution in [0.1, 0.15) is 31.2 Å². The standard InChI is InChI=1S/C13H14N2O2S/c16-15(17)12-3-1-9(2-4-12)13(18)14-10-5-6-11(14)8-7-10/h1-4,10-11H,5-8H2. The van der Waals surface area contributed by atoms with Crippen LogP contribution < -0.4 is 0 Å². The normalized spacial score (nSPS) is 25.4. The zero-order chi connectivity index (χ0) is 12.7. The summed E-state index contributed by atoms with van der Waals surface area (Å²) in [6.45, 7) is 0. The third-order valence-corrected chi connectivity index (χ3v) is 4.46. The summed E-state index contributed by atoms with van der Waals surface area (Å²) in [5.41, 5.74) is 1.04. The first kappa shape index (κ1) is 11.6. The maximum absolute atomic E-state index is 10.6. The molecule has 0 spiro atoms. The predicted octanol–water partition coefficient (Wildman–Crippen LogP) is 2.90. The first-order valence-electron chi connectivity index (χ1n) is 6.24. The van der Waals surface area contributed by atoms with Crippen LogP contribution in [0.15, 0.2) is 24.3 Å². The van der Waals surface area contributed by atoms with Crippen LogP contribution >= 0.6 is 12.2 Å². The van der Waals surface area contributed by atoms with Gasteiger partial charge in [-0.2, -0.15) is 0 Å². The molecule has 2 fully saturated rings. The summed E-state index contributed by atoms with van der Waals surface area (Å²) in [6.07, 6.45) is 4.94. The minimum absolute atomic E-state index is 0.117. The molecule has 2 heterocycles. The van der Waals surface area contributed by atoms with Crippen LogP contribution in [0.4, 0.5) is 5.69 Å². The second-order valence-corrected chi connectivity index (χ2v) is 5.37. The quantitative estimate of drug-likeness (QED) is 0.467. The van der Waals surface area contributed by atoms with Crippen LogP contribution in [0.2, 0.25) is 0 Å². The summed E-state index contributed by atoms with van der Waals surface area (Å²) >= 11 is 5.54. The minimum atomic E-state index is -0.383. The number of nitrogens with zero attached hydrogens (tertiary/aromatic N) is 2. The Kier molecular flexibility index (Phi) is 2.78. The Morgan fingerprint density at radius 2 is 1.67 bits per heavy atom. The summed E-state index contributed by atoms with van der Waals surface area (Å²) in [5.74, 6) is 0. The van der Waals surface area contributed by atoms with Crippen LogP contribution in [0.3, 0.4) is 0 Å². The second-order valence-electron chi connectivity index (χ2n) is 4.98. The number of fused-ring (bicyclic) bond motifs is 2. The molecule has 5 heteroatoms. The third-order valence-electron chi connectivity index (χ3n) is 4.01. The summed E-state index contributed by atoms with van der Waals surface area (Å²) < 4.78 is 0. The monoisotopic (exact) mass is 262 g/mol. The van der Waals surface area contributed by atoms with Gasteiger partial charge in [-0.05, 0) is 37.8 Å². The lowest BCUT2D eigenvalue weighted by Gasteiger charge is -2.25. The van der Waals surface area contributed by atoms with Crippen LogP contribution in [0.25, 0.3) is 0 Å². The van der Waals surface area contributed by atoms with Crippen LogP contribution in [-0.2, 0) is 0 Å². The van der Waals surface area contributed by atoms with E-state index < -0.39 is 0 Å². The molecule has 0 aliphatic carbocycles. The second kappa shape index (κ2) is 4.31. The fourth-order valence-corrected chi connectivity index (χ4v) is 3.55. The Hall–Kier alpha value is -1.49. The first-order valence-corrected chi connectivity index (χ1v) is 6.65. The highest BCUT2D eigenvalue weighted by atomic mass is 32.1. The molecule has 1 aromatic carbocycles. The van der Waals surface area contributed by atoms with Gasteiger partial charge in [0, 0.05) is 29.8 Å². The third kappa shape index (κ3) is 1.79. The van der Waals surface area contributed by atoms with E-state index in [9.17, 15) is 10.1 Å². The number of non-ortho nitro benzene ring substituents is 1. The fourth-order valence-electron chi connectivity index (χ4n) is 3.12. The molecule has 2 aliphatic rings. The van der Waals surface area contributed by atoms with Gasteiger partial charge in [0.05, 0.1) is 4.92 Å². The molecule has 0 aromatic heterocycles. The Morgan fingerprint density at radius 3 is 2.11 bits per heavy atom. The van der Waals surface area contributed by atoms with Crippen molar-refractivity contribution in [2.45, 2.75) is 37.8 Å². The van der Waals surface area contributed by atoms with Crippen molar-refractivity contribution in [2.75, 3.05) is 0 Å². The molecule has 0 atom stereocenters. The number of nitro groups is 1. The molecule has 0 saturated carbocycles. The number of rotatable bonds is 2. The molecule has 0 radical (unpaired) electrons. The molecule has 4 nitrogen and oxygen atoms in total. The summed E-state index contributed by atoms with van der Waals surface area (Å²) in [4.78, 5) is 13.4. The van der Waals surface area contributed by atoms with Gasteiger partial charge >= 0.3 is 0 Å². The van der Waals surface area contributed by atoms with Gasteiger partial charge in [-0.1, -0.05) is 12.2 Å². The summed E-state index contributed by atoms with van der Waals surface area (Å²) in [5, 5.41) is 10.6. The van der Waals surface area contributed by atoms with E-state index >= 15 is 0 Å². The number of hydrogen-bond donors (Lipinski definition) is 0. The van der Waals surface area contributed by atoms with Crippen molar-refractivity contribution in [3.05, 3.63) is 39.9 Å². The Balaban J connectivity index is 1.82. The van der Waals surface area contributed by atoms with E-state index in [1.807, 2.05) is 0 Å². The average molecular weight is 262 g/mol. The van der Waals surface area contributed by atoms with Gasteiger partial charge in [-0.15, -0.1) is 0 Å². The van der Waals surface area contributed by atoms with E-state index in [0.717, 1.165) is 10.6 Å². The zero-order valence-corrected chi connectivity index (χ0v) is 10.7. The highest BCUT2D eigenvalue weighted by molar-refractivity contribution is 7.80. The molecule has 2 saturated heterocycles. The number of benzene rings is 1. The lowest BCUT2D eigenvalue weighted by molar-refractivity contribution is -0.384. The maximum atomic E-state index is 10.6. The van der Waals surface area contributed by atoms with Crippen molar-refractivity contribution in [1.82, 2.24) is 4.90 Å². The zero-order valence-electron chi connectivity index (χ0n) is 9.91. The van der Waals surface area contributed by atoms with Crippen molar-refractivity contribution in [2.24, 2.45) is 0 Å². The molecule has 0 N–H and O–H groups in total.